The third kappa shape index (κ3) is 3.24. The van der Waals surface area contributed by atoms with Gasteiger partial charge in [0.05, 0.1) is 21.4 Å². The van der Waals surface area contributed by atoms with E-state index in [0.717, 1.165) is 5.56 Å². The van der Waals surface area contributed by atoms with Gasteiger partial charge in [-0.2, -0.15) is 0 Å². The summed E-state index contributed by atoms with van der Waals surface area (Å²) in [5.41, 5.74) is 6.51. The zero-order valence-corrected chi connectivity index (χ0v) is 10.9. The van der Waals surface area contributed by atoms with Crippen LogP contribution in [0.4, 0.5) is 8.78 Å². The van der Waals surface area contributed by atoms with Crippen LogP contribution in [-0.4, -0.2) is 4.21 Å². The van der Waals surface area contributed by atoms with Crippen LogP contribution in [0.1, 0.15) is 11.1 Å². The third-order valence-corrected chi connectivity index (χ3v) is 4.11. The van der Waals surface area contributed by atoms with E-state index in [1.807, 2.05) is 0 Å². The number of hydrogen-bond acceptors (Lipinski definition) is 2. The Kier molecular flexibility index (Phi) is 4.39. The summed E-state index contributed by atoms with van der Waals surface area (Å²) in [4.78, 5) is 0.0834. The maximum atomic E-state index is 13.6. The lowest BCUT2D eigenvalue weighted by molar-refractivity contribution is 0.593. The third-order valence-electron chi connectivity index (χ3n) is 2.71. The average molecular weight is 281 g/mol. The van der Waals surface area contributed by atoms with Crippen molar-refractivity contribution in [2.45, 2.75) is 17.2 Å². The van der Waals surface area contributed by atoms with Gasteiger partial charge >= 0.3 is 0 Å². The standard InChI is InChI=1S/C14H13F2NOS/c15-12-6-5-10(8-17)7-11(12)9-19(18)14-4-2-1-3-13(14)16/h1-7H,8-9,17H2. The zero-order valence-electron chi connectivity index (χ0n) is 10.1. The summed E-state index contributed by atoms with van der Waals surface area (Å²) >= 11 is 0. The summed E-state index contributed by atoms with van der Waals surface area (Å²) in [5.74, 6) is -1.07. The van der Waals surface area contributed by atoms with Crippen LogP contribution in [0, 0.1) is 11.6 Å². The number of benzene rings is 2. The summed E-state index contributed by atoms with van der Waals surface area (Å²) in [6, 6.07) is 10.2. The Morgan fingerprint density at radius 3 is 2.47 bits per heavy atom. The van der Waals surface area contributed by atoms with E-state index >= 15 is 0 Å². The summed E-state index contributed by atoms with van der Waals surface area (Å²) in [7, 11) is -1.62. The van der Waals surface area contributed by atoms with Gasteiger partial charge in [-0.25, -0.2) is 8.78 Å². The molecule has 2 aromatic rings. The quantitative estimate of drug-likeness (QED) is 0.936. The van der Waals surface area contributed by atoms with Crippen LogP contribution in [0.2, 0.25) is 0 Å². The molecule has 0 saturated heterocycles. The summed E-state index contributed by atoms with van der Waals surface area (Å²) in [6.07, 6.45) is 0. The van der Waals surface area contributed by atoms with E-state index in [-0.39, 0.29) is 22.8 Å². The van der Waals surface area contributed by atoms with Gasteiger partial charge in [-0.3, -0.25) is 4.21 Å². The normalized spacial score (nSPS) is 12.4. The molecular weight excluding hydrogens is 268 g/mol. The predicted molar refractivity (Wildman–Crippen MR) is 70.8 cm³/mol. The molecule has 2 N–H and O–H groups in total. The first-order valence-electron chi connectivity index (χ1n) is 5.72. The van der Waals surface area contributed by atoms with Crippen LogP contribution in [0.25, 0.3) is 0 Å². The van der Waals surface area contributed by atoms with Gasteiger partial charge in [-0.1, -0.05) is 24.3 Å². The zero-order chi connectivity index (χ0) is 13.8. The lowest BCUT2D eigenvalue weighted by Crippen LogP contribution is -2.03. The number of halogens is 2. The summed E-state index contributed by atoms with van der Waals surface area (Å²) < 4.78 is 39.2. The molecule has 1 atom stereocenters. The highest BCUT2D eigenvalue weighted by molar-refractivity contribution is 7.84. The van der Waals surface area contributed by atoms with Gasteiger partial charge in [0.15, 0.2) is 0 Å². The monoisotopic (exact) mass is 281 g/mol. The Labute approximate surface area is 112 Å². The number of nitrogens with two attached hydrogens (primary N) is 1. The Morgan fingerprint density at radius 1 is 1.05 bits per heavy atom. The topological polar surface area (TPSA) is 43.1 Å². The molecule has 0 spiro atoms. The van der Waals surface area contributed by atoms with Gasteiger partial charge in [0.25, 0.3) is 0 Å². The molecule has 19 heavy (non-hydrogen) atoms. The second-order valence-corrected chi connectivity index (χ2v) is 5.47. The molecule has 1 unspecified atom stereocenters. The van der Waals surface area contributed by atoms with Crippen molar-refractivity contribution < 1.29 is 13.0 Å². The lowest BCUT2D eigenvalue weighted by Gasteiger charge is -2.07. The SMILES string of the molecule is NCc1ccc(F)c(CS(=O)c2ccccc2F)c1. The van der Waals surface area contributed by atoms with Crippen LogP contribution in [-0.2, 0) is 23.1 Å². The molecule has 2 rings (SSSR count). The van der Waals surface area contributed by atoms with Crippen LogP contribution in [0.5, 0.6) is 0 Å². The molecule has 5 heteroatoms. The van der Waals surface area contributed by atoms with E-state index in [1.54, 1.807) is 18.2 Å². The molecule has 100 valence electrons. The minimum Gasteiger partial charge on any atom is -0.326 e. The molecule has 0 aliphatic carbocycles. The van der Waals surface area contributed by atoms with E-state index in [2.05, 4.69) is 0 Å². The smallest absolute Gasteiger partial charge is 0.139 e. The van der Waals surface area contributed by atoms with Gasteiger partial charge in [0.1, 0.15) is 11.6 Å². The van der Waals surface area contributed by atoms with E-state index in [9.17, 15) is 13.0 Å². The fourth-order valence-electron chi connectivity index (χ4n) is 1.71. The molecule has 2 nitrogen and oxygen atoms in total. The van der Waals surface area contributed by atoms with Crippen LogP contribution in [0.15, 0.2) is 47.4 Å². The van der Waals surface area contributed by atoms with Gasteiger partial charge in [0, 0.05) is 12.1 Å². The van der Waals surface area contributed by atoms with Gasteiger partial charge in [-0.05, 0) is 23.8 Å². The van der Waals surface area contributed by atoms with E-state index in [1.165, 1.54) is 24.3 Å². The van der Waals surface area contributed by atoms with E-state index in [0.29, 0.717) is 0 Å². The van der Waals surface area contributed by atoms with Crippen molar-refractivity contribution in [1.82, 2.24) is 0 Å². The first-order chi connectivity index (χ1) is 9.11. The number of hydrogen-bond donors (Lipinski definition) is 1. The highest BCUT2D eigenvalue weighted by atomic mass is 32.2. The van der Waals surface area contributed by atoms with Crippen molar-refractivity contribution in [2.75, 3.05) is 0 Å². The Bertz CT molecular complexity index is 616. The maximum absolute atomic E-state index is 13.6. The summed E-state index contributed by atoms with van der Waals surface area (Å²) in [5, 5.41) is 0. The van der Waals surface area contributed by atoms with Crippen LogP contribution < -0.4 is 5.73 Å². The van der Waals surface area contributed by atoms with Crippen LogP contribution >= 0.6 is 0 Å². The van der Waals surface area contributed by atoms with Crippen molar-refractivity contribution in [1.29, 1.82) is 0 Å². The molecule has 0 saturated carbocycles. The van der Waals surface area contributed by atoms with Gasteiger partial charge < -0.3 is 5.73 Å². The molecule has 0 amide bonds. The Hall–Kier alpha value is -1.59. The molecule has 0 radical (unpaired) electrons. The minimum absolute atomic E-state index is 0.0688. The van der Waals surface area contributed by atoms with Crippen molar-refractivity contribution in [3.05, 3.63) is 65.2 Å². The Balaban J connectivity index is 2.26. The highest BCUT2D eigenvalue weighted by Crippen LogP contribution is 2.18. The Morgan fingerprint density at radius 2 is 1.79 bits per heavy atom. The molecule has 0 fully saturated rings. The maximum Gasteiger partial charge on any atom is 0.139 e. The first-order valence-corrected chi connectivity index (χ1v) is 7.04. The molecule has 0 aliphatic rings. The predicted octanol–water partition coefficient (Wildman–Crippen LogP) is 2.73. The molecule has 0 bridgehead atoms. The summed E-state index contributed by atoms with van der Waals surface area (Å²) in [6.45, 7) is 0.277. The fraction of sp³-hybridized carbons (Fsp3) is 0.143. The number of rotatable bonds is 4. The molecular formula is C14H13F2NOS. The van der Waals surface area contributed by atoms with Gasteiger partial charge in [0.2, 0.25) is 0 Å². The van der Waals surface area contributed by atoms with Gasteiger partial charge in [-0.15, -0.1) is 0 Å². The first kappa shape index (κ1) is 13.8. The van der Waals surface area contributed by atoms with Crippen molar-refractivity contribution in [3.8, 4) is 0 Å². The minimum atomic E-state index is -1.62. The van der Waals surface area contributed by atoms with Crippen molar-refractivity contribution in [2.24, 2.45) is 5.73 Å². The van der Waals surface area contributed by atoms with Crippen molar-refractivity contribution >= 4 is 10.8 Å². The lowest BCUT2D eigenvalue weighted by atomic mass is 10.1. The van der Waals surface area contributed by atoms with E-state index in [4.69, 9.17) is 5.73 Å². The van der Waals surface area contributed by atoms with E-state index < -0.39 is 22.4 Å². The molecule has 0 heterocycles. The second kappa shape index (κ2) is 6.04. The molecule has 0 aliphatic heterocycles. The molecule has 0 aromatic heterocycles. The highest BCUT2D eigenvalue weighted by Gasteiger charge is 2.13. The average Bonchev–Trinajstić information content (AvgIpc) is 2.41. The van der Waals surface area contributed by atoms with Crippen LogP contribution in [0.3, 0.4) is 0 Å². The second-order valence-electron chi connectivity index (χ2n) is 4.05. The largest absolute Gasteiger partial charge is 0.326 e. The molecule has 2 aromatic carbocycles. The van der Waals surface area contributed by atoms with Crippen molar-refractivity contribution in [3.63, 3.8) is 0 Å². The fourth-order valence-corrected chi connectivity index (χ4v) is 2.89.